The molecular weight excluding hydrogens is 314 g/mol. The molecule has 1 heterocycles. The predicted molar refractivity (Wildman–Crippen MR) is 83.9 cm³/mol. The van der Waals surface area contributed by atoms with Gasteiger partial charge in [-0.1, -0.05) is 12.8 Å². The number of hydrogen-bond acceptors (Lipinski definition) is 2. The van der Waals surface area contributed by atoms with Crippen molar-refractivity contribution in [2.75, 3.05) is 6.26 Å². The Labute approximate surface area is 131 Å². The van der Waals surface area contributed by atoms with Gasteiger partial charge >= 0.3 is 0 Å². The molecule has 0 saturated heterocycles. The lowest BCUT2D eigenvalue weighted by molar-refractivity contribution is 0.485. The van der Waals surface area contributed by atoms with E-state index in [1.807, 2.05) is 11.8 Å². The first-order chi connectivity index (χ1) is 10.1. The molecule has 0 amide bonds. The summed E-state index contributed by atoms with van der Waals surface area (Å²) in [6.07, 6.45) is 6.63. The van der Waals surface area contributed by atoms with Crippen LogP contribution in [0.3, 0.4) is 0 Å². The zero-order valence-electron chi connectivity index (χ0n) is 11.8. The second kappa shape index (κ2) is 5.76. The largest absolute Gasteiger partial charge is 0.323 e. The van der Waals surface area contributed by atoms with E-state index >= 15 is 0 Å². The quantitative estimate of drug-likeness (QED) is 0.754. The summed E-state index contributed by atoms with van der Waals surface area (Å²) >= 11 is 7.77. The first-order valence-electron chi connectivity index (χ1n) is 7.04. The molecule has 1 saturated carbocycles. The van der Waals surface area contributed by atoms with Gasteiger partial charge in [-0.15, -0.1) is 11.6 Å². The number of halogens is 3. The minimum atomic E-state index is -0.839. The van der Waals surface area contributed by atoms with Crippen molar-refractivity contribution < 1.29 is 8.78 Å². The number of hydrogen-bond donors (Lipinski definition) is 0. The molecule has 0 aliphatic heterocycles. The van der Waals surface area contributed by atoms with E-state index in [9.17, 15) is 8.78 Å². The third-order valence-corrected chi connectivity index (χ3v) is 6.03. The van der Waals surface area contributed by atoms with E-state index in [0.717, 1.165) is 18.9 Å². The van der Waals surface area contributed by atoms with Crippen molar-refractivity contribution in [2.45, 2.75) is 42.9 Å². The smallest absolute Gasteiger partial charge is 0.184 e. The van der Waals surface area contributed by atoms with Crippen LogP contribution >= 0.6 is 23.4 Å². The van der Waals surface area contributed by atoms with Crippen molar-refractivity contribution in [2.24, 2.45) is 0 Å². The molecule has 114 valence electrons. The van der Waals surface area contributed by atoms with Crippen LogP contribution < -0.4 is 0 Å². The summed E-state index contributed by atoms with van der Waals surface area (Å²) in [5.41, 5.74) is 0.713. The lowest BCUT2D eigenvalue weighted by atomic mass is 10.1. The Morgan fingerprint density at radius 2 is 2.05 bits per heavy atom. The molecule has 0 spiro atoms. The molecule has 6 heteroatoms. The van der Waals surface area contributed by atoms with Gasteiger partial charge in [-0.25, -0.2) is 13.8 Å². The van der Waals surface area contributed by atoms with Crippen LogP contribution in [0.1, 0.15) is 31.5 Å². The van der Waals surface area contributed by atoms with Crippen molar-refractivity contribution in [3.63, 3.8) is 0 Å². The topological polar surface area (TPSA) is 17.8 Å². The van der Waals surface area contributed by atoms with Gasteiger partial charge in [-0.2, -0.15) is 11.8 Å². The van der Waals surface area contributed by atoms with Crippen LogP contribution in [-0.4, -0.2) is 20.6 Å². The fourth-order valence-electron chi connectivity index (χ4n) is 3.21. The van der Waals surface area contributed by atoms with Crippen molar-refractivity contribution >= 4 is 34.4 Å². The molecule has 1 aliphatic rings. The first kappa shape index (κ1) is 15.1. The summed E-state index contributed by atoms with van der Waals surface area (Å²) in [5.74, 6) is -0.864. The van der Waals surface area contributed by atoms with E-state index in [4.69, 9.17) is 11.6 Å². The van der Waals surface area contributed by atoms with Gasteiger partial charge in [0.25, 0.3) is 0 Å². The van der Waals surface area contributed by atoms with E-state index in [1.54, 1.807) is 4.57 Å². The number of imidazole rings is 1. The summed E-state index contributed by atoms with van der Waals surface area (Å²) < 4.78 is 29.7. The maximum Gasteiger partial charge on any atom is 0.184 e. The minimum Gasteiger partial charge on any atom is -0.323 e. The zero-order valence-corrected chi connectivity index (χ0v) is 13.4. The van der Waals surface area contributed by atoms with Crippen LogP contribution in [0.5, 0.6) is 0 Å². The van der Waals surface area contributed by atoms with Crippen LogP contribution in [-0.2, 0) is 12.4 Å². The molecule has 2 aromatic rings. The van der Waals surface area contributed by atoms with Crippen LogP contribution in [0.4, 0.5) is 8.78 Å². The van der Waals surface area contributed by atoms with E-state index in [-0.39, 0.29) is 16.1 Å². The number of thioether (sulfide) groups is 1. The molecule has 0 bridgehead atoms. The number of aromatic nitrogens is 2. The zero-order chi connectivity index (χ0) is 15.0. The molecule has 2 nitrogen and oxygen atoms in total. The van der Waals surface area contributed by atoms with Crippen molar-refractivity contribution in [3.8, 4) is 0 Å². The summed E-state index contributed by atoms with van der Waals surface area (Å²) in [6, 6.07) is 2.63. The average molecular weight is 331 g/mol. The third-order valence-electron chi connectivity index (χ3n) is 4.39. The summed E-state index contributed by atoms with van der Waals surface area (Å²) in [5, 5.41) is 0. The Morgan fingerprint density at radius 1 is 1.33 bits per heavy atom. The highest BCUT2D eigenvalue weighted by Gasteiger charge is 2.35. The lowest BCUT2D eigenvalue weighted by Gasteiger charge is -2.28. The normalized spacial score (nSPS) is 17.7. The van der Waals surface area contributed by atoms with E-state index in [2.05, 4.69) is 11.2 Å². The van der Waals surface area contributed by atoms with Crippen molar-refractivity contribution in [1.29, 1.82) is 0 Å². The highest BCUT2D eigenvalue weighted by atomic mass is 35.5. The third kappa shape index (κ3) is 2.55. The van der Waals surface area contributed by atoms with Crippen molar-refractivity contribution in [3.05, 3.63) is 29.6 Å². The molecule has 0 atom stereocenters. The molecular formula is C15H17ClF2N2S. The van der Waals surface area contributed by atoms with Gasteiger partial charge in [0.2, 0.25) is 0 Å². The van der Waals surface area contributed by atoms with Gasteiger partial charge in [0.05, 0.1) is 11.4 Å². The minimum absolute atomic E-state index is 0.0766. The first-order valence-corrected chi connectivity index (χ1v) is 8.80. The highest BCUT2D eigenvalue weighted by Crippen LogP contribution is 2.42. The van der Waals surface area contributed by atoms with Gasteiger partial charge in [-0.05, 0) is 31.2 Å². The van der Waals surface area contributed by atoms with Crippen LogP contribution in [0.2, 0.25) is 0 Å². The van der Waals surface area contributed by atoms with E-state index < -0.39 is 11.6 Å². The molecule has 1 fully saturated rings. The number of rotatable bonds is 4. The SMILES string of the molecule is CSC1(Cn2c(CCl)nc3ccc(F)c(F)c32)CCCC1. The fourth-order valence-corrected chi connectivity index (χ4v) is 4.37. The standard InChI is InChI=1S/C15H17ClF2N2S/c1-21-15(6-2-3-7-15)9-20-12(8-16)19-11-5-4-10(17)13(18)14(11)20/h4-5H,2-3,6-9H2,1H3. The highest BCUT2D eigenvalue weighted by molar-refractivity contribution is 8.00. The van der Waals surface area contributed by atoms with Gasteiger partial charge < -0.3 is 4.57 Å². The molecule has 0 N–H and O–H groups in total. The summed E-state index contributed by atoms with van der Waals surface area (Å²) in [6.45, 7) is 0.632. The van der Waals surface area contributed by atoms with Crippen molar-refractivity contribution in [1.82, 2.24) is 9.55 Å². The number of nitrogens with zero attached hydrogens (tertiary/aromatic N) is 2. The van der Waals surface area contributed by atoms with E-state index in [1.165, 1.54) is 18.9 Å². The van der Waals surface area contributed by atoms with Gasteiger partial charge in [0, 0.05) is 11.3 Å². The van der Waals surface area contributed by atoms with E-state index in [0.29, 0.717) is 17.9 Å². The molecule has 0 unspecified atom stereocenters. The Hall–Kier alpha value is -0.810. The maximum absolute atomic E-state index is 14.2. The monoisotopic (exact) mass is 330 g/mol. The Balaban J connectivity index is 2.13. The van der Waals surface area contributed by atoms with Crippen LogP contribution in [0.25, 0.3) is 11.0 Å². The van der Waals surface area contributed by atoms with Crippen LogP contribution in [0.15, 0.2) is 12.1 Å². The fraction of sp³-hybridized carbons (Fsp3) is 0.533. The Kier molecular flexibility index (Phi) is 4.14. The van der Waals surface area contributed by atoms with Gasteiger partial charge in [0.15, 0.2) is 11.6 Å². The Bertz CT molecular complexity index is 665. The molecule has 1 aromatic carbocycles. The second-order valence-electron chi connectivity index (χ2n) is 5.57. The van der Waals surface area contributed by atoms with Gasteiger partial charge in [-0.3, -0.25) is 0 Å². The molecule has 1 aliphatic carbocycles. The van der Waals surface area contributed by atoms with Gasteiger partial charge in [0.1, 0.15) is 11.3 Å². The van der Waals surface area contributed by atoms with Crippen LogP contribution in [0, 0.1) is 11.6 Å². The summed E-state index contributed by atoms with van der Waals surface area (Å²) in [4.78, 5) is 4.36. The second-order valence-corrected chi connectivity index (χ2v) is 7.11. The average Bonchev–Trinajstić information content (AvgIpc) is 3.09. The molecule has 0 radical (unpaired) electrons. The Morgan fingerprint density at radius 3 is 2.67 bits per heavy atom. The maximum atomic E-state index is 14.2. The molecule has 1 aromatic heterocycles. The number of fused-ring (bicyclic) bond motifs is 1. The lowest BCUT2D eigenvalue weighted by Crippen LogP contribution is -2.27. The molecule has 21 heavy (non-hydrogen) atoms. The number of alkyl halides is 1. The summed E-state index contributed by atoms with van der Waals surface area (Å²) in [7, 11) is 0. The predicted octanol–water partition coefficient (Wildman–Crippen LogP) is 4.73. The number of benzene rings is 1. The molecule has 3 rings (SSSR count).